The zero-order chi connectivity index (χ0) is 18.0. The summed E-state index contributed by atoms with van der Waals surface area (Å²) in [6.07, 6.45) is 1.87. The molecule has 4 heteroatoms. The van der Waals surface area contributed by atoms with E-state index in [1.165, 1.54) is 0 Å². The number of carbonyl (C=O) groups is 1. The molecule has 3 rings (SSSR count). The zero-order valence-corrected chi connectivity index (χ0v) is 15.4. The summed E-state index contributed by atoms with van der Waals surface area (Å²) >= 11 is 0. The second-order valence-corrected chi connectivity index (χ2v) is 7.01. The van der Waals surface area contributed by atoms with Crippen molar-refractivity contribution in [1.82, 2.24) is 9.38 Å². The Morgan fingerprint density at radius 3 is 2.20 bits per heavy atom. The van der Waals surface area contributed by atoms with Crippen LogP contribution in [0.15, 0.2) is 59.6 Å². The van der Waals surface area contributed by atoms with Gasteiger partial charge in [-0.05, 0) is 33.8 Å². The largest absolute Gasteiger partial charge is 0.430 e. The molecule has 0 saturated heterocycles. The third-order valence-corrected chi connectivity index (χ3v) is 4.74. The minimum absolute atomic E-state index is 0.0924. The lowest BCUT2D eigenvalue weighted by atomic mass is 10.1. The maximum atomic E-state index is 13.9. The van der Waals surface area contributed by atoms with E-state index in [1.807, 2.05) is 65.7 Å². The van der Waals surface area contributed by atoms with Crippen LogP contribution < -0.4 is 4.48 Å². The van der Waals surface area contributed by atoms with Crippen LogP contribution in [0.5, 0.6) is 0 Å². The van der Waals surface area contributed by atoms with Gasteiger partial charge in [-0.1, -0.05) is 30.3 Å². The van der Waals surface area contributed by atoms with Gasteiger partial charge < -0.3 is 0 Å². The van der Waals surface area contributed by atoms with E-state index in [-0.39, 0.29) is 22.6 Å². The van der Waals surface area contributed by atoms with Gasteiger partial charge in [0.1, 0.15) is 17.9 Å². The van der Waals surface area contributed by atoms with Crippen LogP contribution in [0, 0.1) is 0 Å². The number of rotatable bonds is 3. The van der Waals surface area contributed by atoms with Crippen molar-refractivity contribution in [3.63, 3.8) is 0 Å². The second-order valence-electron chi connectivity index (χ2n) is 7.01. The fourth-order valence-corrected chi connectivity index (χ4v) is 3.71. The number of urea groups is 1. The Hall–Kier alpha value is -2.46. The van der Waals surface area contributed by atoms with Crippen LogP contribution >= 0.6 is 0 Å². The minimum Gasteiger partial charge on any atom is -0.287 e. The number of para-hydroxylation sites is 3. The molecule has 1 atom stereocenters. The molecule has 0 spiro atoms. The standard InChI is InChI=1S/C21H26N3O/c1-16(2)23(17(3)4)21(25)24(18-10-6-5-7-11-18)15-14-22-19-12-8-9-13-20(19)24/h5-14,16-17H,15H2,1-4H3/q+1. The first kappa shape index (κ1) is 17.4. The summed E-state index contributed by atoms with van der Waals surface area (Å²) in [4.78, 5) is 20.4. The van der Waals surface area contributed by atoms with Crippen molar-refractivity contribution in [3.05, 3.63) is 54.6 Å². The van der Waals surface area contributed by atoms with Crippen LogP contribution in [0.4, 0.5) is 21.9 Å². The topological polar surface area (TPSA) is 32.7 Å². The number of hydrogen-bond donors (Lipinski definition) is 0. The molecule has 2 aromatic rings. The molecule has 1 aliphatic heterocycles. The van der Waals surface area contributed by atoms with Crippen molar-refractivity contribution in [2.45, 2.75) is 39.8 Å². The molecule has 0 radical (unpaired) electrons. The number of hydrogen-bond acceptors (Lipinski definition) is 2. The van der Waals surface area contributed by atoms with Crippen LogP contribution in [0.25, 0.3) is 0 Å². The molecular weight excluding hydrogens is 310 g/mol. The van der Waals surface area contributed by atoms with E-state index in [0.29, 0.717) is 6.54 Å². The molecule has 0 fully saturated rings. The lowest BCUT2D eigenvalue weighted by Gasteiger charge is -2.42. The van der Waals surface area contributed by atoms with Crippen LogP contribution in [0.1, 0.15) is 27.7 Å². The molecule has 25 heavy (non-hydrogen) atoms. The molecule has 1 heterocycles. The van der Waals surface area contributed by atoms with Gasteiger partial charge >= 0.3 is 6.03 Å². The maximum Gasteiger partial charge on any atom is 0.430 e. The van der Waals surface area contributed by atoms with Gasteiger partial charge in [-0.3, -0.25) is 4.90 Å². The Balaban J connectivity index is 2.26. The number of amides is 2. The molecule has 130 valence electrons. The van der Waals surface area contributed by atoms with E-state index in [2.05, 4.69) is 32.7 Å². The Labute approximate surface area is 150 Å². The quantitative estimate of drug-likeness (QED) is 0.702. The van der Waals surface area contributed by atoms with Crippen LogP contribution in [-0.2, 0) is 0 Å². The van der Waals surface area contributed by atoms with Crippen molar-refractivity contribution < 1.29 is 4.79 Å². The minimum atomic E-state index is 0.0924. The second kappa shape index (κ2) is 6.81. The van der Waals surface area contributed by atoms with Crippen molar-refractivity contribution in [1.29, 1.82) is 0 Å². The molecule has 1 aliphatic rings. The summed E-state index contributed by atoms with van der Waals surface area (Å²) < 4.78 is 0.150. The summed E-state index contributed by atoms with van der Waals surface area (Å²) in [7, 11) is 0. The summed E-state index contributed by atoms with van der Waals surface area (Å²) in [6, 6.07) is 18.3. The van der Waals surface area contributed by atoms with Crippen LogP contribution in [-0.4, -0.2) is 35.8 Å². The molecule has 0 aliphatic carbocycles. The van der Waals surface area contributed by atoms with Gasteiger partial charge in [-0.15, -0.1) is 0 Å². The van der Waals surface area contributed by atoms with Crippen LogP contribution in [0.2, 0.25) is 0 Å². The summed E-state index contributed by atoms with van der Waals surface area (Å²) in [5.41, 5.74) is 2.77. The predicted molar refractivity (Wildman–Crippen MR) is 105 cm³/mol. The molecule has 0 aromatic heterocycles. The van der Waals surface area contributed by atoms with E-state index in [4.69, 9.17) is 0 Å². The van der Waals surface area contributed by atoms with Crippen molar-refractivity contribution in [2.75, 3.05) is 6.54 Å². The van der Waals surface area contributed by atoms with Crippen LogP contribution in [0.3, 0.4) is 0 Å². The first-order chi connectivity index (χ1) is 12.0. The summed E-state index contributed by atoms with van der Waals surface area (Å²) in [5.74, 6) is 0. The molecular formula is C21H26N3O+. The maximum absolute atomic E-state index is 13.9. The fraction of sp³-hybridized carbons (Fsp3) is 0.333. The van der Waals surface area contributed by atoms with E-state index < -0.39 is 0 Å². The van der Waals surface area contributed by atoms with E-state index in [1.54, 1.807) is 0 Å². The highest BCUT2D eigenvalue weighted by Gasteiger charge is 2.48. The lowest BCUT2D eigenvalue weighted by molar-refractivity contribution is 0.144. The Morgan fingerprint density at radius 2 is 1.56 bits per heavy atom. The van der Waals surface area contributed by atoms with Crippen molar-refractivity contribution >= 4 is 29.3 Å². The Morgan fingerprint density at radius 1 is 0.960 bits per heavy atom. The fourth-order valence-electron chi connectivity index (χ4n) is 3.71. The number of nitrogens with zero attached hydrogens (tertiary/aromatic N) is 3. The first-order valence-corrected chi connectivity index (χ1v) is 8.87. The summed E-state index contributed by atoms with van der Waals surface area (Å²) in [5, 5.41) is 0. The average Bonchev–Trinajstić information content (AvgIpc) is 2.61. The molecule has 4 nitrogen and oxygen atoms in total. The summed E-state index contributed by atoms with van der Waals surface area (Å²) in [6.45, 7) is 8.81. The van der Waals surface area contributed by atoms with E-state index >= 15 is 0 Å². The first-order valence-electron chi connectivity index (χ1n) is 8.87. The monoisotopic (exact) mass is 336 g/mol. The zero-order valence-electron chi connectivity index (χ0n) is 15.4. The molecule has 0 bridgehead atoms. The number of benzene rings is 2. The predicted octanol–water partition coefficient (Wildman–Crippen LogP) is 5.28. The molecule has 2 aromatic carbocycles. The van der Waals surface area contributed by atoms with Gasteiger partial charge in [-0.2, -0.15) is 4.48 Å². The Bertz CT molecular complexity index is 775. The average molecular weight is 336 g/mol. The van der Waals surface area contributed by atoms with Gasteiger partial charge in [0.15, 0.2) is 5.69 Å². The third kappa shape index (κ3) is 2.87. The number of carbonyl (C=O) groups excluding carboxylic acids is 1. The van der Waals surface area contributed by atoms with Gasteiger partial charge in [0.2, 0.25) is 0 Å². The highest BCUT2D eigenvalue weighted by atomic mass is 16.2. The highest BCUT2D eigenvalue weighted by molar-refractivity contribution is 6.01. The molecule has 2 amide bonds. The number of quaternary nitrogens is 1. The number of fused-ring (bicyclic) bond motifs is 1. The normalized spacial score (nSPS) is 19.1. The van der Waals surface area contributed by atoms with Gasteiger partial charge in [0, 0.05) is 30.3 Å². The lowest BCUT2D eigenvalue weighted by Crippen LogP contribution is -2.61. The third-order valence-electron chi connectivity index (χ3n) is 4.74. The molecule has 0 N–H and O–H groups in total. The number of aliphatic imine (C=N–C) groups is 1. The SMILES string of the molecule is CC(C)N(C(=O)[N+]1(c2ccccc2)CC=Nc2ccccc21)C(C)C. The van der Waals surface area contributed by atoms with Gasteiger partial charge in [0.25, 0.3) is 0 Å². The molecule has 0 saturated carbocycles. The van der Waals surface area contributed by atoms with Crippen molar-refractivity contribution in [2.24, 2.45) is 4.99 Å². The Kier molecular flexibility index (Phi) is 4.73. The van der Waals surface area contributed by atoms with Gasteiger partial charge in [-0.25, -0.2) is 9.79 Å². The van der Waals surface area contributed by atoms with E-state index in [0.717, 1.165) is 17.1 Å². The van der Waals surface area contributed by atoms with E-state index in [9.17, 15) is 4.79 Å². The molecule has 1 unspecified atom stereocenters. The van der Waals surface area contributed by atoms with Gasteiger partial charge in [0.05, 0.1) is 6.21 Å². The smallest absolute Gasteiger partial charge is 0.287 e. The highest BCUT2D eigenvalue weighted by Crippen LogP contribution is 2.44. The van der Waals surface area contributed by atoms with Crippen molar-refractivity contribution in [3.8, 4) is 0 Å².